The van der Waals surface area contributed by atoms with Gasteiger partial charge in [-0.1, -0.05) is 39.0 Å². The maximum Gasteiger partial charge on any atom is 0.573 e. The van der Waals surface area contributed by atoms with E-state index in [2.05, 4.69) is 9.47 Å². The number of benzene rings is 2. The lowest BCUT2D eigenvalue weighted by Crippen LogP contribution is -2.47. The fourth-order valence-electron chi connectivity index (χ4n) is 5.37. The number of hydrogen-bond donors (Lipinski definition) is 1. The van der Waals surface area contributed by atoms with Crippen molar-refractivity contribution in [1.29, 1.82) is 0 Å². The molecule has 2 aliphatic rings. The van der Waals surface area contributed by atoms with Gasteiger partial charge in [0.05, 0.1) is 18.0 Å². The zero-order chi connectivity index (χ0) is 33.3. The van der Waals surface area contributed by atoms with Crippen LogP contribution in [0.4, 0.5) is 32.0 Å². The molecule has 2 heterocycles. The van der Waals surface area contributed by atoms with E-state index in [1.54, 1.807) is 20.8 Å². The third kappa shape index (κ3) is 8.80. The summed E-state index contributed by atoms with van der Waals surface area (Å²) in [4.78, 5) is 41.4. The van der Waals surface area contributed by atoms with Gasteiger partial charge in [0.1, 0.15) is 23.7 Å². The monoisotopic (exact) mass is 646 g/mol. The van der Waals surface area contributed by atoms with Crippen LogP contribution in [0.5, 0.6) is 11.5 Å². The quantitative estimate of drug-likeness (QED) is 0.365. The molecule has 4 rings (SSSR count). The van der Waals surface area contributed by atoms with Crippen LogP contribution in [-0.2, 0) is 19.1 Å². The van der Waals surface area contributed by atoms with Crippen molar-refractivity contribution in [2.24, 2.45) is 11.3 Å². The molecule has 0 radical (unpaired) electrons. The first-order chi connectivity index (χ1) is 20.8. The smallest absolute Gasteiger partial charge is 0.481 e. The first-order valence-corrected chi connectivity index (χ1v) is 14.0. The van der Waals surface area contributed by atoms with E-state index in [-0.39, 0.29) is 49.3 Å². The lowest BCUT2D eigenvalue weighted by molar-refractivity contribution is -0.276. The molecule has 246 valence electrons. The normalized spacial score (nSPS) is 20.0. The van der Waals surface area contributed by atoms with Gasteiger partial charge in [0.15, 0.2) is 0 Å². The molecule has 1 saturated heterocycles. The third-order valence-corrected chi connectivity index (χ3v) is 7.26. The van der Waals surface area contributed by atoms with Crippen LogP contribution in [0.3, 0.4) is 0 Å². The van der Waals surface area contributed by atoms with Crippen LogP contribution in [0.25, 0.3) is 0 Å². The summed E-state index contributed by atoms with van der Waals surface area (Å²) in [5, 5.41) is 9.28. The van der Waals surface area contributed by atoms with Crippen LogP contribution in [0.1, 0.15) is 57.3 Å². The highest BCUT2D eigenvalue weighted by Crippen LogP contribution is 2.45. The molecular weight excluding hydrogens is 614 g/mol. The van der Waals surface area contributed by atoms with E-state index in [9.17, 15) is 45.8 Å². The summed E-state index contributed by atoms with van der Waals surface area (Å²) >= 11 is 0. The molecule has 0 aromatic heterocycles. The Labute approximate surface area is 254 Å². The summed E-state index contributed by atoms with van der Waals surface area (Å²) in [7, 11) is 0. The molecule has 9 nitrogen and oxygen atoms in total. The molecule has 2 atom stereocenters. The maximum atomic E-state index is 14.1. The SMILES string of the molecule is CC(C)(C)CN1C(=O)[C@H](CC(=O)N2CCC(C(=O)O)CC2)O[C@@H](c2ccccc2OC(F)(F)F)c2cc(OC(F)(F)F)ccc21. The van der Waals surface area contributed by atoms with Gasteiger partial charge in [-0.05, 0) is 42.5 Å². The highest BCUT2D eigenvalue weighted by Gasteiger charge is 2.42. The zero-order valence-electron chi connectivity index (χ0n) is 24.6. The predicted molar refractivity (Wildman–Crippen MR) is 146 cm³/mol. The summed E-state index contributed by atoms with van der Waals surface area (Å²) in [5.74, 6) is -4.34. The number of amides is 2. The molecule has 1 N–H and O–H groups in total. The molecule has 0 saturated carbocycles. The largest absolute Gasteiger partial charge is 0.573 e. The Bertz CT molecular complexity index is 1410. The van der Waals surface area contributed by atoms with Gasteiger partial charge in [-0.15, -0.1) is 26.3 Å². The van der Waals surface area contributed by atoms with Crippen LogP contribution in [0, 0.1) is 11.3 Å². The van der Waals surface area contributed by atoms with E-state index in [0.29, 0.717) is 0 Å². The Kier molecular flexibility index (Phi) is 9.61. The average Bonchev–Trinajstić information content (AvgIpc) is 3.01. The number of halogens is 6. The van der Waals surface area contributed by atoms with E-state index >= 15 is 0 Å². The molecule has 2 aromatic carbocycles. The van der Waals surface area contributed by atoms with Gasteiger partial charge in [0, 0.05) is 30.8 Å². The Morgan fingerprint density at radius 3 is 2.13 bits per heavy atom. The van der Waals surface area contributed by atoms with Crippen molar-refractivity contribution in [2.45, 2.75) is 65.0 Å². The van der Waals surface area contributed by atoms with Gasteiger partial charge in [-0.3, -0.25) is 14.4 Å². The van der Waals surface area contributed by atoms with E-state index in [4.69, 9.17) is 4.74 Å². The predicted octanol–water partition coefficient (Wildman–Crippen LogP) is 6.06. The maximum absolute atomic E-state index is 14.1. The number of piperidine rings is 1. The summed E-state index contributed by atoms with van der Waals surface area (Å²) < 4.78 is 94.2. The van der Waals surface area contributed by atoms with Gasteiger partial charge in [0.2, 0.25) is 5.91 Å². The van der Waals surface area contributed by atoms with Crippen molar-refractivity contribution in [3.8, 4) is 11.5 Å². The number of carboxylic acids is 1. The van der Waals surface area contributed by atoms with Gasteiger partial charge < -0.3 is 29.1 Å². The fraction of sp³-hybridized carbons (Fsp3) is 0.500. The summed E-state index contributed by atoms with van der Waals surface area (Å²) in [6.45, 7) is 5.60. The number of para-hydroxylation sites is 1. The summed E-state index contributed by atoms with van der Waals surface area (Å²) in [6, 6.07) is 7.92. The topological polar surface area (TPSA) is 106 Å². The first kappa shape index (κ1) is 33.9. The Balaban J connectivity index is 1.82. The Morgan fingerprint density at radius 1 is 0.933 bits per heavy atom. The fourth-order valence-corrected chi connectivity index (χ4v) is 5.37. The van der Waals surface area contributed by atoms with Crippen molar-refractivity contribution >= 4 is 23.5 Å². The molecule has 15 heteroatoms. The van der Waals surface area contributed by atoms with Crippen molar-refractivity contribution in [2.75, 3.05) is 24.5 Å². The minimum atomic E-state index is -5.14. The number of nitrogens with zero attached hydrogens (tertiary/aromatic N) is 2. The second-order valence-corrected chi connectivity index (χ2v) is 12.0. The van der Waals surface area contributed by atoms with E-state index in [0.717, 1.165) is 18.2 Å². The molecule has 0 unspecified atom stereocenters. The third-order valence-electron chi connectivity index (χ3n) is 7.26. The van der Waals surface area contributed by atoms with Crippen LogP contribution >= 0.6 is 0 Å². The van der Waals surface area contributed by atoms with Crippen LogP contribution in [-0.4, -0.2) is 66.3 Å². The lowest BCUT2D eigenvalue weighted by Gasteiger charge is -2.33. The highest BCUT2D eigenvalue weighted by atomic mass is 19.4. The Morgan fingerprint density at radius 2 is 1.56 bits per heavy atom. The number of rotatable bonds is 7. The van der Waals surface area contributed by atoms with Crippen LogP contribution in [0.2, 0.25) is 0 Å². The molecule has 0 spiro atoms. The van der Waals surface area contributed by atoms with Crippen molar-refractivity contribution in [1.82, 2.24) is 4.90 Å². The molecule has 0 aliphatic carbocycles. The number of carbonyl (C=O) groups excluding carboxylic acids is 2. The second-order valence-electron chi connectivity index (χ2n) is 12.0. The van der Waals surface area contributed by atoms with E-state index < -0.39 is 72.0 Å². The number of carbonyl (C=O) groups is 3. The van der Waals surface area contributed by atoms with Crippen molar-refractivity contribution in [3.05, 3.63) is 53.6 Å². The van der Waals surface area contributed by atoms with Gasteiger partial charge >= 0.3 is 18.7 Å². The van der Waals surface area contributed by atoms with Gasteiger partial charge in [-0.25, -0.2) is 0 Å². The first-order valence-electron chi connectivity index (χ1n) is 14.0. The van der Waals surface area contributed by atoms with Gasteiger partial charge in [-0.2, -0.15) is 0 Å². The molecular formula is C30H32F6N2O7. The number of alkyl halides is 6. The summed E-state index contributed by atoms with van der Waals surface area (Å²) in [6.07, 6.45) is -13.6. The molecule has 45 heavy (non-hydrogen) atoms. The lowest BCUT2D eigenvalue weighted by atomic mass is 9.94. The van der Waals surface area contributed by atoms with Crippen molar-refractivity contribution in [3.63, 3.8) is 0 Å². The second kappa shape index (κ2) is 12.8. The zero-order valence-corrected chi connectivity index (χ0v) is 24.6. The number of ether oxygens (including phenoxy) is 3. The molecule has 2 aliphatic heterocycles. The standard InChI is InChI=1S/C30H32F6N2O7/c1-28(2,3)16-38-21-9-8-18(44-29(31,32)33)14-20(21)25(19-6-4-5-7-22(19)45-30(34,35)36)43-23(26(38)40)15-24(39)37-12-10-17(11-13-37)27(41)42/h4-9,14,17,23,25H,10-13,15-16H2,1-3H3,(H,41,42)/t23-,25-/m0/s1. The molecule has 1 fully saturated rings. The highest BCUT2D eigenvalue weighted by molar-refractivity contribution is 6.00. The van der Waals surface area contributed by atoms with Crippen molar-refractivity contribution < 1.29 is 60.0 Å². The molecule has 0 bridgehead atoms. The number of anilines is 1. The number of hydrogen-bond acceptors (Lipinski definition) is 6. The average molecular weight is 647 g/mol. The molecule has 2 amide bonds. The minimum Gasteiger partial charge on any atom is -0.481 e. The van der Waals surface area contributed by atoms with E-state index in [1.807, 2.05) is 0 Å². The van der Waals surface area contributed by atoms with Gasteiger partial charge in [0.25, 0.3) is 5.91 Å². The molecule has 2 aromatic rings. The number of aliphatic carboxylic acids is 1. The van der Waals surface area contributed by atoms with E-state index in [1.165, 1.54) is 34.1 Å². The summed E-state index contributed by atoms with van der Waals surface area (Å²) in [5.41, 5.74) is -0.915. The Hall–Kier alpha value is -4.01. The number of fused-ring (bicyclic) bond motifs is 1. The number of likely N-dealkylation sites (tertiary alicyclic amines) is 1. The van der Waals surface area contributed by atoms with Crippen LogP contribution in [0.15, 0.2) is 42.5 Å². The van der Waals surface area contributed by atoms with Crippen LogP contribution < -0.4 is 14.4 Å². The minimum absolute atomic E-state index is 0.00375. The number of carboxylic acid groups (broad SMARTS) is 1.